The predicted octanol–water partition coefficient (Wildman–Crippen LogP) is 3.69. The van der Waals surface area contributed by atoms with Crippen LogP contribution < -0.4 is 4.74 Å². The van der Waals surface area contributed by atoms with Crippen LogP contribution in [0.25, 0.3) is 11.3 Å². The smallest absolute Gasteiger partial charge is 0.254 e. The Labute approximate surface area is 228 Å². The fourth-order valence-electron chi connectivity index (χ4n) is 4.63. The highest BCUT2D eigenvalue weighted by atomic mass is 16.5. The Morgan fingerprint density at radius 3 is 2.46 bits per heavy atom. The summed E-state index contributed by atoms with van der Waals surface area (Å²) < 4.78 is 16.8. The Morgan fingerprint density at radius 1 is 1.03 bits per heavy atom. The molecule has 9 nitrogen and oxygen atoms in total. The van der Waals surface area contributed by atoms with Crippen molar-refractivity contribution in [3.63, 3.8) is 0 Å². The van der Waals surface area contributed by atoms with E-state index in [2.05, 4.69) is 0 Å². The first-order chi connectivity index (χ1) is 18.9. The topological polar surface area (TPSA) is 92.5 Å². The summed E-state index contributed by atoms with van der Waals surface area (Å²) in [5, 5.41) is 0. The molecule has 0 bridgehead atoms. The van der Waals surface area contributed by atoms with Crippen molar-refractivity contribution < 1.29 is 28.3 Å². The minimum Gasteiger partial charge on any atom is -0.497 e. The van der Waals surface area contributed by atoms with Crippen molar-refractivity contribution in [3.05, 3.63) is 78.1 Å². The van der Waals surface area contributed by atoms with Gasteiger partial charge in [-0.2, -0.15) is 0 Å². The molecule has 4 rings (SSSR count). The first-order valence-electron chi connectivity index (χ1n) is 13.1. The van der Waals surface area contributed by atoms with Gasteiger partial charge < -0.3 is 28.6 Å². The van der Waals surface area contributed by atoms with Gasteiger partial charge in [-0.05, 0) is 55.8 Å². The largest absolute Gasteiger partial charge is 0.497 e. The predicted molar refractivity (Wildman–Crippen MR) is 146 cm³/mol. The second kappa shape index (κ2) is 13.1. The molecule has 2 heterocycles. The zero-order chi connectivity index (χ0) is 27.8. The number of methoxy groups -OCH3 is 1. The lowest BCUT2D eigenvalue weighted by Crippen LogP contribution is -2.41. The summed E-state index contributed by atoms with van der Waals surface area (Å²) in [5.41, 5.74) is 2.14. The monoisotopic (exact) mass is 533 g/mol. The van der Waals surface area contributed by atoms with Gasteiger partial charge in [-0.1, -0.05) is 24.3 Å². The molecule has 1 unspecified atom stereocenters. The lowest BCUT2D eigenvalue weighted by atomic mass is 10.1. The molecule has 0 saturated carbocycles. The molecule has 2 aromatic carbocycles. The number of nitrogens with zero attached hydrogens (tertiary/aromatic N) is 3. The van der Waals surface area contributed by atoms with E-state index in [0.717, 1.165) is 16.9 Å². The molecule has 1 aliphatic heterocycles. The number of likely N-dealkylation sites (N-methyl/N-ethyl adjacent to an activating group) is 1. The average Bonchev–Trinajstić information content (AvgIpc) is 3.46. The lowest BCUT2D eigenvalue weighted by Gasteiger charge is -2.26. The summed E-state index contributed by atoms with van der Waals surface area (Å²) in [7, 11) is 1.60. The molecule has 1 aromatic heterocycles. The van der Waals surface area contributed by atoms with Crippen LogP contribution >= 0.6 is 0 Å². The van der Waals surface area contributed by atoms with Crippen molar-refractivity contribution in [3.8, 4) is 17.1 Å². The van der Waals surface area contributed by atoms with Crippen molar-refractivity contribution in [2.45, 2.75) is 26.5 Å². The second-order valence-corrected chi connectivity index (χ2v) is 9.37. The molecule has 0 radical (unpaired) electrons. The number of carbonyl (C=O) groups is 3. The van der Waals surface area contributed by atoms with Crippen molar-refractivity contribution >= 4 is 17.7 Å². The maximum absolute atomic E-state index is 13.6. The quantitative estimate of drug-likeness (QED) is 0.395. The Kier molecular flexibility index (Phi) is 9.38. The minimum absolute atomic E-state index is 0.0934. The Hall–Kier alpha value is -4.11. The third-order valence-electron chi connectivity index (χ3n) is 6.82. The van der Waals surface area contributed by atoms with Gasteiger partial charge in [0.15, 0.2) is 0 Å². The summed E-state index contributed by atoms with van der Waals surface area (Å²) in [4.78, 5) is 44.5. The minimum atomic E-state index is -0.536. The number of rotatable bonds is 10. The zero-order valence-electron chi connectivity index (χ0n) is 22.7. The zero-order valence-corrected chi connectivity index (χ0v) is 22.7. The first-order valence-corrected chi connectivity index (χ1v) is 13.1. The SMILES string of the molecule is CCN(CC)C(=O)COC1CN(Cc2ccc(OC)cc2)C(=O)CN(C(=O)c2cccc(-c3ccco3)c2)C1. The number of carbonyl (C=O) groups excluding carboxylic acids is 3. The number of ether oxygens (including phenoxy) is 2. The number of benzene rings is 2. The third-order valence-corrected chi connectivity index (χ3v) is 6.82. The van der Waals surface area contributed by atoms with Crippen molar-refractivity contribution in [2.24, 2.45) is 0 Å². The summed E-state index contributed by atoms with van der Waals surface area (Å²) in [6.07, 6.45) is 1.04. The van der Waals surface area contributed by atoms with E-state index in [1.807, 2.05) is 50.2 Å². The maximum atomic E-state index is 13.6. The van der Waals surface area contributed by atoms with Gasteiger partial charge in [0, 0.05) is 43.9 Å². The van der Waals surface area contributed by atoms with Gasteiger partial charge in [-0.3, -0.25) is 14.4 Å². The van der Waals surface area contributed by atoms with Crippen LogP contribution in [0.2, 0.25) is 0 Å². The van der Waals surface area contributed by atoms with E-state index in [1.165, 1.54) is 4.90 Å². The lowest BCUT2D eigenvalue weighted by molar-refractivity contribution is -0.138. The molecule has 0 spiro atoms. The summed E-state index contributed by atoms with van der Waals surface area (Å²) >= 11 is 0. The van der Waals surface area contributed by atoms with Gasteiger partial charge in [0.05, 0.1) is 19.5 Å². The first kappa shape index (κ1) is 27.9. The summed E-state index contributed by atoms with van der Waals surface area (Å²) in [6, 6.07) is 18.2. The molecule has 3 amide bonds. The average molecular weight is 534 g/mol. The van der Waals surface area contributed by atoms with Gasteiger partial charge in [-0.25, -0.2) is 0 Å². The van der Waals surface area contributed by atoms with Crippen LogP contribution in [-0.4, -0.2) is 85.0 Å². The fourth-order valence-corrected chi connectivity index (χ4v) is 4.63. The summed E-state index contributed by atoms with van der Waals surface area (Å²) in [5.74, 6) is 0.777. The molecule has 39 heavy (non-hydrogen) atoms. The van der Waals surface area contributed by atoms with Gasteiger partial charge in [0.2, 0.25) is 11.8 Å². The molecule has 9 heteroatoms. The molecular weight excluding hydrogens is 498 g/mol. The number of amides is 3. The molecule has 1 aliphatic rings. The highest BCUT2D eigenvalue weighted by molar-refractivity contribution is 5.97. The van der Waals surface area contributed by atoms with Crippen LogP contribution in [0.4, 0.5) is 0 Å². The standard InChI is InChI=1S/C30H35N3O6/c1-4-31(5-2)29(35)21-39-26-18-32(17-22-11-13-25(37-3)14-12-22)28(34)20-33(19-26)30(36)24-9-6-8-23(16-24)27-10-7-15-38-27/h6-16,26H,4-5,17-21H2,1-3H3. The van der Waals surface area contributed by atoms with Crippen LogP contribution in [0.1, 0.15) is 29.8 Å². The van der Waals surface area contributed by atoms with Crippen molar-refractivity contribution in [2.75, 3.05) is 46.4 Å². The molecule has 1 fully saturated rings. The van der Waals surface area contributed by atoms with Crippen molar-refractivity contribution in [1.29, 1.82) is 0 Å². The van der Waals surface area contributed by atoms with Gasteiger partial charge >= 0.3 is 0 Å². The highest BCUT2D eigenvalue weighted by Gasteiger charge is 2.32. The van der Waals surface area contributed by atoms with E-state index in [9.17, 15) is 14.4 Å². The van der Waals surface area contributed by atoms with Gasteiger partial charge in [0.25, 0.3) is 5.91 Å². The van der Waals surface area contributed by atoms with E-state index in [1.54, 1.807) is 47.4 Å². The third kappa shape index (κ3) is 7.06. The van der Waals surface area contributed by atoms with Gasteiger partial charge in [0.1, 0.15) is 24.7 Å². The second-order valence-electron chi connectivity index (χ2n) is 9.37. The van der Waals surface area contributed by atoms with Crippen molar-refractivity contribution in [1.82, 2.24) is 14.7 Å². The maximum Gasteiger partial charge on any atom is 0.254 e. The Balaban J connectivity index is 1.55. The Bertz CT molecular complexity index is 1250. The van der Waals surface area contributed by atoms with Crippen LogP contribution in [0.15, 0.2) is 71.3 Å². The number of hydrogen-bond acceptors (Lipinski definition) is 6. The normalized spacial score (nSPS) is 15.7. The number of hydrogen-bond donors (Lipinski definition) is 0. The molecule has 1 atom stereocenters. The van der Waals surface area contributed by atoms with Gasteiger partial charge in [-0.15, -0.1) is 0 Å². The molecule has 3 aromatic rings. The number of furan rings is 1. The summed E-state index contributed by atoms with van der Waals surface area (Å²) in [6.45, 7) is 5.58. The molecular formula is C30H35N3O6. The van der Waals surface area contributed by atoms with Crippen LogP contribution in [-0.2, 0) is 20.9 Å². The fraction of sp³-hybridized carbons (Fsp3) is 0.367. The highest BCUT2D eigenvalue weighted by Crippen LogP contribution is 2.23. The molecule has 1 saturated heterocycles. The molecule has 0 aliphatic carbocycles. The van der Waals surface area contributed by atoms with E-state index in [-0.39, 0.29) is 44.0 Å². The van der Waals surface area contributed by atoms with E-state index in [0.29, 0.717) is 31.0 Å². The van der Waals surface area contributed by atoms with Crippen LogP contribution in [0.5, 0.6) is 5.75 Å². The van der Waals surface area contributed by atoms with E-state index >= 15 is 0 Å². The Morgan fingerprint density at radius 2 is 1.79 bits per heavy atom. The van der Waals surface area contributed by atoms with E-state index < -0.39 is 6.10 Å². The molecule has 206 valence electrons. The van der Waals surface area contributed by atoms with E-state index in [4.69, 9.17) is 13.9 Å². The molecule has 0 N–H and O–H groups in total. The van der Waals surface area contributed by atoms with Crippen LogP contribution in [0, 0.1) is 0 Å². The van der Waals surface area contributed by atoms with Crippen LogP contribution in [0.3, 0.4) is 0 Å².